The number of H-pyrrole nitrogens is 1. The summed E-state index contributed by atoms with van der Waals surface area (Å²) in [5, 5.41) is 2.31. The van der Waals surface area contributed by atoms with E-state index in [0.717, 1.165) is 25.6 Å². The number of fused-ring (bicyclic) bond motifs is 1. The number of nitrogens with one attached hydrogen (secondary N) is 1. The van der Waals surface area contributed by atoms with Crippen LogP contribution in [0.2, 0.25) is 0 Å². The van der Waals surface area contributed by atoms with E-state index in [-0.39, 0.29) is 0 Å². The molecular weight excluding hydrogens is 308 g/mol. The first kappa shape index (κ1) is 11.7. The lowest BCUT2D eigenvalue weighted by atomic mass is 10.3. The second-order valence-corrected chi connectivity index (χ2v) is 6.00. The minimum Gasteiger partial charge on any atom is -0.398 e. The van der Waals surface area contributed by atoms with Gasteiger partial charge in [0.1, 0.15) is 0 Å². The Morgan fingerprint density at radius 1 is 1.06 bits per heavy atom. The summed E-state index contributed by atoms with van der Waals surface area (Å²) in [6.45, 7) is 0. The van der Waals surface area contributed by atoms with Crippen LogP contribution in [0, 0.1) is 0 Å². The number of anilines is 1. The summed E-state index contributed by atoms with van der Waals surface area (Å²) < 4.78 is 1.04. The monoisotopic (exact) mass is 318 g/mol. The number of para-hydroxylation sites is 1. The van der Waals surface area contributed by atoms with Crippen LogP contribution in [0.1, 0.15) is 0 Å². The van der Waals surface area contributed by atoms with Gasteiger partial charge in [-0.2, -0.15) is 0 Å². The van der Waals surface area contributed by atoms with Crippen LogP contribution >= 0.6 is 27.7 Å². The number of aromatic nitrogens is 1. The molecule has 2 nitrogen and oxygen atoms in total. The fourth-order valence-corrected chi connectivity index (χ4v) is 3.28. The summed E-state index contributed by atoms with van der Waals surface area (Å²) in [5.41, 5.74) is 7.92. The van der Waals surface area contributed by atoms with Gasteiger partial charge in [0.15, 0.2) is 0 Å². The Labute approximate surface area is 118 Å². The van der Waals surface area contributed by atoms with E-state index in [1.807, 2.05) is 30.3 Å². The number of benzene rings is 2. The summed E-state index contributed by atoms with van der Waals surface area (Å²) in [4.78, 5) is 4.43. The lowest BCUT2D eigenvalue weighted by Gasteiger charge is -2.03. The third kappa shape index (κ3) is 2.26. The highest BCUT2D eigenvalue weighted by molar-refractivity contribution is 9.10. The van der Waals surface area contributed by atoms with Gasteiger partial charge in [-0.3, -0.25) is 0 Å². The highest BCUT2D eigenvalue weighted by Gasteiger charge is 2.05. The molecular formula is C14H11BrN2S. The van der Waals surface area contributed by atoms with E-state index >= 15 is 0 Å². The van der Waals surface area contributed by atoms with E-state index in [9.17, 15) is 0 Å². The van der Waals surface area contributed by atoms with Crippen molar-refractivity contribution in [1.82, 2.24) is 4.98 Å². The maximum Gasteiger partial charge on any atom is 0.0781 e. The molecule has 0 aliphatic rings. The first-order valence-electron chi connectivity index (χ1n) is 5.53. The number of hydrogen-bond donors (Lipinski definition) is 2. The topological polar surface area (TPSA) is 41.8 Å². The van der Waals surface area contributed by atoms with Crippen molar-refractivity contribution in [2.75, 3.05) is 5.73 Å². The lowest BCUT2D eigenvalue weighted by Crippen LogP contribution is -1.87. The van der Waals surface area contributed by atoms with Gasteiger partial charge in [-0.1, -0.05) is 45.9 Å². The molecule has 0 amide bonds. The first-order chi connectivity index (χ1) is 8.72. The predicted molar refractivity (Wildman–Crippen MR) is 81.0 cm³/mol. The molecule has 0 saturated heterocycles. The molecule has 18 heavy (non-hydrogen) atoms. The van der Waals surface area contributed by atoms with Crippen molar-refractivity contribution in [1.29, 1.82) is 0 Å². The average Bonchev–Trinajstić information content (AvgIpc) is 2.76. The van der Waals surface area contributed by atoms with E-state index in [2.05, 4.69) is 39.1 Å². The summed E-state index contributed by atoms with van der Waals surface area (Å²) in [5.74, 6) is 0. The Hall–Kier alpha value is -1.39. The highest BCUT2D eigenvalue weighted by atomic mass is 79.9. The zero-order chi connectivity index (χ0) is 12.5. The van der Waals surface area contributed by atoms with Crippen LogP contribution in [-0.2, 0) is 0 Å². The van der Waals surface area contributed by atoms with Gasteiger partial charge >= 0.3 is 0 Å². The smallest absolute Gasteiger partial charge is 0.0781 e. The van der Waals surface area contributed by atoms with Gasteiger partial charge in [-0.15, -0.1) is 0 Å². The van der Waals surface area contributed by atoms with Crippen LogP contribution in [0.3, 0.4) is 0 Å². The number of halogens is 1. The molecule has 4 heteroatoms. The van der Waals surface area contributed by atoms with Crippen molar-refractivity contribution < 1.29 is 0 Å². The fraction of sp³-hybridized carbons (Fsp3) is 0. The number of aromatic amines is 1. The molecule has 2 aromatic carbocycles. The maximum atomic E-state index is 5.98. The Balaban J connectivity index is 1.98. The van der Waals surface area contributed by atoms with Crippen molar-refractivity contribution in [3.63, 3.8) is 0 Å². The molecule has 0 aliphatic heterocycles. The number of rotatable bonds is 2. The zero-order valence-corrected chi connectivity index (χ0v) is 11.9. The van der Waals surface area contributed by atoms with E-state index in [1.165, 1.54) is 5.39 Å². The molecule has 1 heterocycles. The molecule has 0 saturated carbocycles. The largest absolute Gasteiger partial charge is 0.398 e. The third-order valence-electron chi connectivity index (χ3n) is 2.70. The molecule has 0 radical (unpaired) electrons. The summed E-state index contributed by atoms with van der Waals surface area (Å²) in [7, 11) is 0. The summed E-state index contributed by atoms with van der Waals surface area (Å²) in [6, 6.07) is 16.3. The quantitative estimate of drug-likeness (QED) is 0.674. The standard InChI is InChI=1S/C14H11BrN2S/c15-10-5-6-11(16)13(8-10)18-14-7-9-3-1-2-4-12(9)17-14/h1-8,17H,16H2. The molecule has 3 N–H and O–H groups in total. The fourth-order valence-electron chi connectivity index (χ4n) is 1.82. The summed E-state index contributed by atoms with van der Waals surface area (Å²) >= 11 is 5.11. The van der Waals surface area contributed by atoms with E-state index in [1.54, 1.807) is 11.8 Å². The second-order valence-electron chi connectivity index (χ2n) is 4.01. The molecule has 0 spiro atoms. The molecule has 0 unspecified atom stereocenters. The minimum absolute atomic E-state index is 0.793. The van der Waals surface area contributed by atoms with Gasteiger partial charge in [0, 0.05) is 26.0 Å². The van der Waals surface area contributed by atoms with Crippen molar-refractivity contribution in [3.8, 4) is 0 Å². The van der Waals surface area contributed by atoms with Crippen LogP contribution in [0.25, 0.3) is 10.9 Å². The number of hydrogen-bond acceptors (Lipinski definition) is 2. The van der Waals surface area contributed by atoms with Gasteiger partial charge in [-0.25, -0.2) is 0 Å². The zero-order valence-electron chi connectivity index (χ0n) is 9.48. The van der Waals surface area contributed by atoms with Crippen molar-refractivity contribution >= 4 is 44.3 Å². The van der Waals surface area contributed by atoms with Crippen LogP contribution in [0.5, 0.6) is 0 Å². The van der Waals surface area contributed by atoms with Crippen molar-refractivity contribution in [2.24, 2.45) is 0 Å². The predicted octanol–water partition coefficient (Wildman–Crippen LogP) is 4.66. The lowest BCUT2D eigenvalue weighted by molar-refractivity contribution is 1.23. The number of nitrogen functional groups attached to an aromatic ring is 1. The minimum atomic E-state index is 0.793. The highest BCUT2D eigenvalue weighted by Crippen LogP contribution is 2.34. The molecule has 0 bridgehead atoms. The Morgan fingerprint density at radius 3 is 2.72 bits per heavy atom. The Bertz CT molecular complexity index is 673. The average molecular weight is 319 g/mol. The van der Waals surface area contributed by atoms with Gasteiger partial charge < -0.3 is 10.7 Å². The normalized spacial score (nSPS) is 10.9. The molecule has 0 atom stereocenters. The molecule has 3 aromatic rings. The number of nitrogens with two attached hydrogens (primary N) is 1. The first-order valence-corrected chi connectivity index (χ1v) is 7.14. The van der Waals surface area contributed by atoms with Crippen LogP contribution < -0.4 is 5.73 Å². The van der Waals surface area contributed by atoms with E-state index < -0.39 is 0 Å². The van der Waals surface area contributed by atoms with Crippen LogP contribution in [0.4, 0.5) is 5.69 Å². The van der Waals surface area contributed by atoms with Crippen LogP contribution in [-0.4, -0.2) is 4.98 Å². The van der Waals surface area contributed by atoms with E-state index in [4.69, 9.17) is 5.73 Å². The van der Waals surface area contributed by atoms with Gasteiger partial charge in [0.05, 0.1) is 5.03 Å². The second kappa shape index (κ2) is 4.71. The van der Waals surface area contributed by atoms with Crippen molar-refractivity contribution in [3.05, 3.63) is 53.0 Å². The third-order valence-corrected chi connectivity index (χ3v) is 4.21. The van der Waals surface area contributed by atoms with Gasteiger partial charge in [0.2, 0.25) is 0 Å². The summed E-state index contributed by atoms with van der Waals surface area (Å²) in [6.07, 6.45) is 0. The van der Waals surface area contributed by atoms with Gasteiger partial charge in [-0.05, 0) is 30.3 Å². The maximum absolute atomic E-state index is 5.98. The van der Waals surface area contributed by atoms with E-state index in [0.29, 0.717) is 0 Å². The Kier molecular flexibility index (Phi) is 3.06. The van der Waals surface area contributed by atoms with Gasteiger partial charge in [0.25, 0.3) is 0 Å². The molecule has 0 fully saturated rings. The van der Waals surface area contributed by atoms with Crippen LogP contribution in [0.15, 0.2) is 62.9 Å². The molecule has 3 rings (SSSR count). The molecule has 0 aliphatic carbocycles. The molecule has 90 valence electrons. The SMILES string of the molecule is Nc1ccc(Br)cc1Sc1cc2ccccc2[nH]1. The Morgan fingerprint density at radius 2 is 1.89 bits per heavy atom. The molecule has 1 aromatic heterocycles. The van der Waals surface area contributed by atoms with Crippen molar-refractivity contribution in [2.45, 2.75) is 9.92 Å².